The van der Waals surface area contributed by atoms with Gasteiger partial charge in [-0.2, -0.15) is 0 Å². The van der Waals surface area contributed by atoms with Crippen LogP contribution in [0.4, 0.5) is 0 Å². The molecule has 0 amide bonds. The second kappa shape index (κ2) is 5.92. The van der Waals surface area contributed by atoms with Crippen molar-refractivity contribution < 1.29 is 0 Å². The van der Waals surface area contributed by atoms with Gasteiger partial charge in [-0.05, 0) is 30.6 Å². The number of hydrogen-bond donors (Lipinski definition) is 1. The third-order valence-electron chi connectivity index (χ3n) is 5.00. The van der Waals surface area contributed by atoms with Crippen LogP contribution in [0.25, 0.3) is 0 Å². The Morgan fingerprint density at radius 3 is 2.56 bits per heavy atom. The smallest absolute Gasteiger partial charge is 0.0244 e. The summed E-state index contributed by atoms with van der Waals surface area (Å²) in [4.78, 5) is 2.78. The van der Waals surface area contributed by atoms with Crippen LogP contribution in [0, 0.1) is 11.3 Å². The van der Waals surface area contributed by atoms with E-state index in [4.69, 9.17) is 0 Å². The first-order valence-electron chi connectivity index (χ1n) is 7.94. The average molecular weight is 252 g/mol. The maximum absolute atomic E-state index is 3.71. The molecule has 2 rings (SSSR count). The molecule has 2 aliphatic rings. The molecule has 1 heterocycles. The Balaban J connectivity index is 1.92. The van der Waals surface area contributed by atoms with Crippen LogP contribution in [-0.4, -0.2) is 36.6 Å². The molecular formula is C16H32N2. The van der Waals surface area contributed by atoms with Crippen molar-refractivity contribution in [1.29, 1.82) is 0 Å². The fourth-order valence-electron chi connectivity index (χ4n) is 3.52. The molecule has 0 aromatic heterocycles. The Morgan fingerprint density at radius 2 is 1.83 bits per heavy atom. The summed E-state index contributed by atoms with van der Waals surface area (Å²) >= 11 is 0. The van der Waals surface area contributed by atoms with Crippen molar-refractivity contribution in [3.05, 3.63) is 0 Å². The molecule has 106 valence electrons. The quantitative estimate of drug-likeness (QED) is 0.721. The maximum atomic E-state index is 3.71. The Kier molecular flexibility index (Phi) is 4.71. The molecule has 3 unspecified atom stereocenters. The van der Waals surface area contributed by atoms with Gasteiger partial charge in [0.1, 0.15) is 0 Å². The third kappa shape index (κ3) is 3.71. The van der Waals surface area contributed by atoms with Crippen LogP contribution in [0.3, 0.4) is 0 Å². The molecule has 0 aromatic carbocycles. The van der Waals surface area contributed by atoms with Crippen molar-refractivity contribution in [3.63, 3.8) is 0 Å². The molecule has 18 heavy (non-hydrogen) atoms. The van der Waals surface area contributed by atoms with Crippen molar-refractivity contribution in [1.82, 2.24) is 10.2 Å². The van der Waals surface area contributed by atoms with Gasteiger partial charge in [-0.3, -0.25) is 4.90 Å². The lowest BCUT2D eigenvalue weighted by atomic mass is 9.85. The predicted octanol–water partition coefficient (Wildman–Crippen LogP) is 3.28. The lowest BCUT2D eigenvalue weighted by Gasteiger charge is -2.43. The largest absolute Gasteiger partial charge is 0.311 e. The van der Waals surface area contributed by atoms with Gasteiger partial charge in [0, 0.05) is 31.7 Å². The van der Waals surface area contributed by atoms with E-state index in [1.807, 2.05) is 0 Å². The molecule has 1 saturated carbocycles. The monoisotopic (exact) mass is 252 g/mol. The second-order valence-corrected chi connectivity index (χ2v) is 7.63. The summed E-state index contributed by atoms with van der Waals surface area (Å²) < 4.78 is 0. The molecule has 0 aromatic rings. The standard InChI is InChI=1S/C16H32N2/c1-13-6-5-7-14(9-8-13)18-11-10-17-15(12-18)16(2,3)4/h13-15,17H,5-12H2,1-4H3. The van der Waals surface area contributed by atoms with Crippen LogP contribution >= 0.6 is 0 Å². The molecule has 1 aliphatic heterocycles. The normalized spacial score (nSPS) is 36.3. The Labute approximate surface area is 114 Å². The van der Waals surface area contributed by atoms with Gasteiger partial charge in [-0.25, -0.2) is 0 Å². The minimum atomic E-state index is 0.386. The first-order chi connectivity index (χ1) is 8.47. The highest BCUT2D eigenvalue weighted by molar-refractivity contribution is 4.90. The summed E-state index contributed by atoms with van der Waals surface area (Å²) in [6.07, 6.45) is 7.19. The van der Waals surface area contributed by atoms with E-state index in [1.165, 1.54) is 51.7 Å². The third-order valence-corrected chi connectivity index (χ3v) is 5.00. The zero-order valence-corrected chi connectivity index (χ0v) is 12.8. The lowest BCUT2D eigenvalue weighted by Crippen LogP contribution is -2.58. The fraction of sp³-hybridized carbons (Fsp3) is 1.00. The summed E-state index contributed by atoms with van der Waals surface area (Å²) in [5, 5.41) is 3.71. The Morgan fingerprint density at radius 1 is 1.06 bits per heavy atom. The zero-order valence-electron chi connectivity index (χ0n) is 12.8. The van der Waals surface area contributed by atoms with Gasteiger partial charge in [0.25, 0.3) is 0 Å². The van der Waals surface area contributed by atoms with Crippen LogP contribution in [-0.2, 0) is 0 Å². The molecular weight excluding hydrogens is 220 g/mol. The summed E-state index contributed by atoms with van der Waals surface area (Å²) in [5.41, 5.74) is 0.386. The minimum Gasteiger partial charge on any atom is -0.311 e. The van der Waals surface area contributed by atoms with Gasteiger partial charge < -0.3 is 5.32 Å². The number of rotatable bonds is 1. The van der Waals surface area contributed by atoms with E-state index in [1.54, 1.807) is 0 Å². The van der Waals surface area contributed by atoms with E-state index in [9.17, 15) is 0 Å². The van der Waals surface area contributed by atoms with E-state index >= 15 is 0 Å². The van der Waals surface area contributed by atoms with Crippen molar-refractivity contribution in [2.24, 2.45) is 11.3 Å². The van der Waals surface area contributed by atoms with Crippen LogP contribution in [0.5, 0.6) is 0 Å². The molecule has 1 aliphatic carbocycles. The minimum absolute atomic E-state index is 0.386. The van der Waals surface area contributed by atoms with Crippen LogP contribution in [0.1, 0.15) is 59.8 Å². The predicted molar refractivity (Wildman–Crippen MR) is 78.9 cm³/mol. The molecule has 0 bridgehead atoms. The van der Waals surface area contributed by atoms with Crippen molar-refractivity contribution >= 4 is 0 Å². The topological polar surface area (TPSA) is 15.3 Å². The average Bonchev–Trinajstić information content (AvgIpc) is 2.53. The van der Waals surface area contributed by atoms with E-state index in [0.29, 0.717) is 11.5 Å². The van der Waals surface area contributed by atoms with Crippen LogP contribution in [0.2, 0.25) is 0 Å². The van der Waals surface area contributed by atoms with Gasteiger partial charge in [-0.1, -0.05) is 40.5 Å². The Hall–Kier alpha value is -0.0800. The number of nitrogens with one attached hydrogen (secondary N) is 1. The highest BCUT2D eigenvalue weighted by Crippen LogP contribution is 2.28. The Bertz CT molecular complexity index is 256. The van der Waals surface area contributed by atoms with Crippen LogP contribution < -0.4 is 5.32 Å². The van der Waals surface area contributed by atoms with E-state index in [0.717, 1.165) is 12.0 Å². The molecule has 2 nitrogen and oxygen atoms in total. The van der Waals surface area contributed by atoms with E-state index < -0.39 is 0 Å². The SMILES string of the molecule is CC1CCCC(N2CCNC(C(C)(C)C)C2)CC1. The molecule has 3 atom stereocenters. The summed E-state index contributed by atoms with van der Waals surface area (Å²) in [6.45, 7) is 13.2. The van der Waals surface area contributed by atoms with Gasteiger partial charge >= 0.3 is 0 Å². The maximum Gasteiger partial charge on any atom is 0.0244 e. The highest BCUT2D eigenvalue weighted by atomic mass is 15.2. The summed E-state index contributed by atoms with van der Waals surface area (Å²) in [7, 11) is 0. The second-order valence-electron chi connectivity index (χ2n) is 7.63. The first kappa shape index (κ1) is 14.3. The molecule has 1 N–H and O–H groups in total. The zero-order chi connectivity index (χ0) is 13.2. The van der Waals surface area contributed by atoms with E-state index in [-0.39, 0.29) is 0 Å². The molecule has 2 fully saturated rings. The number of nitrogens with zero attached hydrogens (tertiary/aromatic N) is 1. The van der Waals surface area contributed by atoms with Crippen molar-refractivity contribution in [2.75, 3.05) is 19.6 Å². The molecule has 0 spiro atoms. The highest BCUT2D eigenvalue weighted by Gasteiger charge is 2.32. The molecule has 1 saturated heterocycles. The molecule has 2 heteroatoms. The first-order valence-corrected chi connectivity index (χ1v) is 7.94. The number of hydrogen-bond acceptors (Lipinski definition) is 2. The summed E-state index contributed by atoms with van der Waals surface area (Å²) in [6, 6.07) is 1.52. The van der Waals surface area contributed by atoms with Gasteiger partial charge in [-0.15, -0.1) is 0 Å². The fourth-order valence-corrected chi connectivity index (χ4v) is 3.52. The van der Waals surface area contributed by atoms with Gasteiger partial charge in [0.15, 0.2) is 0 Å². The lowest BCUT2D eigenvalue weighted by molar-refractivity contribution is 0.0902. The van der Waals surface area contributed by atoms with Gasteiger partial charge in [0.2, 0.25) is 0 Å². The van der Waals surface area contributed by atoms with Crippen molar-refractivity contribution in [2.45, 2.75) is 71.9 Å². The van der Waals surface area contributed by atoms with E-state index in [2.05, 4.69) is 37.9 Å². The van der Waals surface area contributed by atoms with Gasteiger partial charge in [0.05, 0.1) is 0 Å². The van der Waals surface area contributed by atoms with Crippen LogP contribution in [0.15, 0.2) is 0 Å². The number of piperazine rings is 1. The summed E-state index contributed by atoms with van der Waals surface area (Å²) in [5.74, 6) is 0.955. The molecule has 0 radical (unpaired) electrons. The van der Waals surface area contributed by atoms with Crippen molar-refractivity contribution in [3.8, 4) is 0 Å².